The second-order valence-corrected chi connectivity index (χ2v) is 5.73. The summed E-state index contributed by atoms with van der Waals surface area (Å²) in [5, 5.41) is 3.97. The largest absolute Gasteiger partial charge is 0.331 e. The molecule has 1 aromatic heterocycles. The number of aryl methyl sites for hydroxylation is 1. The molecule has 2 aromatic carbocycles. The van der Waals surface area contributed by atoms with E-state index in [0.29, 0.717) is 5.69 Å². The predicted molar refractivity (Wildman–Crippen MR) is 86.6 cm³/mol. The van der Waals surface area contributed by atoms with Crippen LogP contribution < -0.4 is 5.32 Å². The van der Waals surface area contributed by atoms with Crippen LogP contribution >= 0.6 is 11.3 Å². The Hall–Kier alpha value is -2.20. The monoisotopic (exact) mass is 298 g/mol. The van der Waals surface area contributed by atoms with Crippen molar-refractivity contribution in [3.05, 3.63) is 65.3 Å². The Bertz CT molecular complexity index is 738. The molecule has 1 N–H and O–H groups in total. The van der Waals surface area contributed by atoms with Crippen molar-refractivity contribution >= 4 is 22.2 Å². The highest BCUT2D eigenvalue weighted by molar-refractivity contribution is 7.16. The third-order valence-electron chi connectivity index (χ3n) is 3.14. The Balaban J connectivity index is 1.93. The first kappa shape index (κ1) is 13.8. The molecule has 0 aliphatic carbocycles. The van der Waals surface area contributed by atoms with Crippen molar-refractivity contribution in [2.75, 3.05) is 5.32 Å². The molecule has 106 valence electrons. The molecule has 0 aliphatic rings. The van der Waals surface area contributed by atoms with E-state index in [-0.39, 0.29) is 5.82 Å². The van der Waals surface area contributed by atoms with Crippen molar-refractivity contribution < 1.29 is 4.39 Å². The lowest BCUT2D eigenvalue weighted by molar-refractivity contribution is 0.628. The highest BCUT2D eigenvalue weighted by Crippen LogP contribution is 2.32. The molecule has 0 amide bonds. The molecule has 0 bridgehead atoms. The maximum absolute atomic E-state index is 13.2. The van der Waals surface area contributed by atoms with Gasteiger partial charge in [0.1, 0.15) is 5.82 Å². The number of benzene rings is 2. The summed E-state index contributed by atoms with van der Waals surface area (Å²) < 4.78 is 13.2. The van der Waals surface area contributed by atoms with Gasteiger partial charge in [0.25, 0.3) is 0 Å². The molecule has 0 fully saturated rings. The average molecular weight is 298 g/mol. The van der Waals surface area contributed by atoms with Gasteiger partial charge in [0.05, 0.1) is 5.69 Å². The summed E-state index contributed by atoms with van der Waals surface area (Å²) in [5.74, 6) is -0.254. The van der Waals surface area contributed by atoms with E-state index in [9.17, 15) is 4.39 Å². The minimum Gasteiger partial charge on any atom is -0.331 e. The van der Waals surface area contributed by atoms with E-state index in [0.717, 1.165) is 22.8 Å². The number of halogens is 1. The fourth-order valence-corrected chi connectivity index (χ4v) is 3.10. The summed E-state index contributed by atoms with van der Waals surface area (Å²) in [6, 6.07) is 16.5. The first-order valence-corrected chi connectivity index (χ1v) is 7.65. The van der Waals surface area contributed by atoms with Crippen LogP contribution in [0.1, 0.15) is 11.8 Å². The van der Waals surface area contributed by atoms with Gasteiger partial charge in [-0.15, -0.1) is 11.3 Å². The molecule has 0 saturated carbocycles. The topological polar surface area (TPSA) is 24.9 Å². The molecule has 4 heteroatoms. The van der Waals surface area contributed by atoms with Gasteiger partial charge < -0.3 is 5.32 Å². The molecule has 2 nitrogen and oxygen atoms in total. The van der Waals surface area contributed by atoms with Crippen LogP contribution in [0, 0.1) is 5.82 Å². The van der Waals surface area contributed by atoms with Crippen LogP contribution in [0.3, 0.4) is 0 Å². The maximum atomic E-state index is 13.2. The Morgan fingerprint density at radius 2 is 1.90 bits per heavy atom. The molecule has 0 radical (unpaired) electrons. The predicted octanol–water partition coefficient (Wildman–Crippen LogP) is 5.26. The van der Waals surface area contributed by atoms with Crippen molar-refractivity contribution in [2.45, 2.75) is 13.3 Å². The van der Waals surface area contributed by atoms with Gasteiger partial charge in [-0.3, -0.25) is 0 Å². The van der Waals surface area contributed by atoms with Gasteiger partial charge in [0.15, 0.2) is 5.13 Å². The van der Waals surface area contributed by atoms with Gasteiger partial charge in [-0.05, 0) is 24.6 Å². The van der Waals surface area contributed by atoms with E-state index >= 15 is 0 Å². The molecule has 3 rings (SSSR count). The van der Waals surface area contributed by atoms with Crippen molar-refractivity contribution in [2.24, 2.45) is 0 Å². The molecule has 0 saturated heterocycles. The summed E-state index contributed by atoms with van der Waals surface area (Å²) in [4.78, 5) is 5.88. The van der Waals surface area contributed by atoms with E-state index in [1.165, 1.54) is 17.0 Å². The second kappa shape index (κ2) is 6.06. The Morgan fingerprint density at radius 1 is 1.10 bits per heavy atom. The number of hydrogen-bond acceptors (Lipinski definition) is 3. The van der Waals surface area contributed by atoms with E-state index in [4.69, 9.17) is 0 Å². The van der Waals surface area contributed by atoms with Crippen LogP contribution in [-0.2, 0) is 6.42 Å². The Labute approximate surface area is 127 Å². The van der Waals surface area contributed by atoms with Crippen LogP contribution in [0.2, 0.25) is 0 Å². The molecule has 0 atom stereocenters. The van der Waals surface area contributed by atoms with Gasteiger partial charge >= 0.3 is 0 Å². The summed E-state index contributed by atoms with van der Waals surface area (Å²) in [6.45, 7) is 2.12. The molecule has 3 aromatic rings. The Morgan fingerprint density at radius 3 is 2.62 bits per heavy atom. The molecule has 1 heterocycles. The smallest absolute Gasteiger partial charge is 0.187 e. The van der Waals surface area contributed by atoms with Crippen LogP contribution in [0.4, 0.5) is 15.2 Å². The van der Waals surface area contributed by atoms with Crippen molar-refractivity contribution in [1.29, 1.82) is 0 Å². The van der Waals surface area contributed by atoms with Gasteiger partial charge in [-0.2, -0.15) is 0 Å². The molecule has 0 unspecified atom stereocenters. The molecule has 21 heavy (non-hydrogen) atoms. The van der Waals surface area contributed by atoms with Gasteiger partial charge in [0.2, 0.25) is 0 Å². The highest BCUT2D eigenvalue weighted by atomic mass is 32.1. The maximum Gasteiger partial charge on any atom is 0.187 e. The zero-order valence-electron chi connectivity index (χ0n) is 11.6. The summed E-state index contributed by atoms with van der Waals surface area (Å²) in [5.41, 5.74) is 2.82. The van der Waals surface area contributed by atoms with Crippen LogP contribution in [0.25, 0.3) is 11.3 Å². The van der Waals surface area contributed by atoms with E-state index in [2.05, 4.69) is 29.4 Å². The molecule has 0 aliphatic heterocycles. The summed E-state index contributed by atoms with van der Waals surface area (Å²) in [7, 11) is 0. The zero-order chi connectivity index (χ0) is 14.7. The normalized spacial score (nSPS) is 10.6. The zero-order valence-corrected chi connectivity index (χ0v) is 12.5. The molecular formula is C17H15FN2S. The van der Waals surface area contributed by atoms with Gasteiger partial charge in [0, 0.05) is 16.1 Å². The van der Waals surface area contributed by atoms with Crippen molar-refractivity contribution in [1.82, 2.24) is 4.98 Å². The van der Waals surface area contributed by atoms with E-state index < -0.39 is 0 Å². The molecular weight excluding hydrogens is 283 g/mol. The minimum absolute atomic E-state index is 0.254. The first-order valence-electron chi connectivity index (χ1n) is 6.84. The summed E-state index contributed by atoms with van der Waals surface area (Å²) in [6.07, 6.45) is 0.923. The van der Waals surface area contributed by atoms with Crippen molar-refractivity contribution in [3.63, 3.8) is 0 Å². The summed E-state index contributed by atoms with van der Waals surface area (Å²) >= 11 is 1.61. The third kappa shape index (κ3) is 3.11. The van der Waals surface area contributed by atoms with E-state index in [1.807, 2.05) is 24.3 Å². The fourth-order valence-electron chi connectivity index (χ4n) is 2.16. The number of anilines is 2. The quantitative estimate of drug-likeness (QED) is 0.711. The fraction of sp³-hybridized carbons (Fsp3) is 0.118. The van der Waals surface area contributed by atoms with Crippen LogP contribution in [0.15, 0.2) is 54.6 Å². The third-order valence-corrected chi connectivity index (χ3v) is 4.26. The number of hydrogen-bond donors (Lipinski definition) is 1. The van der Waals surface area contributed by atoms with Gasteiger partial charge in [-0.25, -0.2) is 9.37 Å². The number of thiazole rings is 1. The minimum atomic E-state index is -0.254. The standard InChI is InChI=1S/C17H15FN2S/c1-2-15-16(12-7-4-3-5-8-12)20-17(21-15)19-14-10-6-9-13(18)11-14/h3-11H,2H2,1H3,(H,19,20). The lowest BCUT2D eigenvalue weighted by Crippen LogP contribution is -1.90. The lowest BCUT2D eigenvalue weighted by atomic mass is 10.1. The first-order chi connectivity index (χ1) is 10.3. The highest BCUT2D eigenvalue weighted by Gasteiger charge is 2.11. The van der Waals surface area contributed by atoms with Crippen LogP contribution in [0.5, 0.6) is 0 Å². The number of rotatable bonds is 4. The number of nitrogens with zero attached hydrogens (tertiary/aromatic N) is 1. The van der Waals surface area contributed by atoms with Crippen molar-refractivity contribution in [3.8, 4) is 11.3 Å². The van der Waals surface area contributed by atoms with E-state index in [1.54, 1.807) is 17.4 Å². The number of aromatic nitrogens is 1. The Kier molecular flexibility index (Phi) is 3.97. The van der Waals surface area contributed by atoms with Gasteiger partial charge in [-0.1, -0.05) is 43.3 Å². The molecule has 0 spiro atoms. The average Bonchev–Trinajstić information content (AvgIpc) is 2.91. The van der Waals surface area contributed by atoms with Crippen LogP contribution in [-0.4, -0.2) is 4.98 Å². The number of nitrogens with one attached hydrogen (secondary N) is 1. The second-order valence-electron chi connectivity index (χ2n) is 4.65. The SMILES string of the molecule is CCc1sc(Nc2cccc(F)c2)nc1-c1ccccc1. The lowest BCUT2D eigenvalue weighted by Gasteiger charge is -2.01.